The molecule has 1 aliphatic heterocycles. The number of carbonyl (C=O) groups is 1. The predicted octanol–water partition coefficient (Wildman–Crippen LogP) is 3.35. The summed E-state index contributed by atoms with van der Waals surface area (Å²) in [5.74, 6) is -0.555. The van der Waals surface area contributed by atoms with Gasteiger partial charge < -0.3 is 10.2 Å². The summed E-state index contributed by atoms with van der Waals surface area (Å²) in [6.07, 6.45) is 3.04. The fraction of sp³-hybridized carbons (Fsp3) is 0.308. The average Bonchev–Trinajstić information content (AvgIpc) is 3.35. The van der Waals surface area contributed by atoms with Gasteiger partial charge in [-0.2, -0.15) is 4.31 Å². The average molecular weight is 544 g/mol. The van der Waals surface area contributed by atoms with Gasteiger partial charge >= 0.3 is 0 Å². The first kappa shape index (κ1) is 26.9. The highest BCUT2D eigenvalue weighted by Gasteiger charge is 2.23. The van der Waals surface area contributed by atoms with E-state index in [9.17, 15) is 17.6 Å². The number of sulfonamides is 1. The van der Waals surface area contributed by atoms with E-state index in [1.165, 1.54) is 58.1 Å². The molecule has 1 saturated heterocycles. The van der Waals surface area contributed by atoms with Gasteiger partial charge in [-0.1, -0.05) is 29.6 Å². The Labute approximate surface area is 220 Å². The van der Waals surface area contributed by atoms with Crippen molar-refractivity contribution in [1.29, 1.82) is 0 Å². The summed E-state index contributed by atoms with van der Waals surface area (Å²) in [4.78, 5) is 21.6. The van der Waals surface area contributed by atoms with Crippen LogP contribution in [0.15, 0.2) is 72.7 Å². The molecule has 0 saturated carbocycles. The SMILES string of the molecule is C=CCN(CC=C)S(=O)(=O)c1ccc(C(=O)NCCN2CCN(c3nc4c(F)cccc4s3)CC2)cc1. The number of para-hydroxylation sites is 1. The lowest BCUT2D eigenvalue weighted by molar-refractivity contribution is 0.0947. The van der Waals surface area contributed by atoms with Crippen LogP contribution in [0.25, 0.3) is 10.2 Å². The van der Waals surface area contributed by atoms with Crippen LogP contribution in [-0.2, 0) is 10.0 Å². The molecule has 1 aromatic heterocycles. The number of anilines is 1. The molecule has 0 aliphatic carbocycles. The molecule has 0 radical (unpaired) electrons. The van der Waals surface area contributed by atoms with E-state index in [0.717, 1.165) is 36.0 Å². The predicted molar refractivity (Wildman–Crippen MR) is 146 cm³/mol. The monoisotopic (exact) mass is 543 g/mol. The molecule has 196 valence electrons. The highest BCUT2D eigenvalue weighted by molar-refractivity contribution is 7.89. The quantitative estimate of drug-likeness (QED) is 0.374. The van der Waals surface area contributed by atoms with Crippen LogP contribution in [-0.4, -0.2) is 80.9 Å². The Morgan fingerprint density at radius 1 is 1.08 bits per heavy atom. The molecule has 1 amide bonds. The summed E-state index contributed by atoms with van der Waals surface area (Å²) < 4.78 is 41.7. The van der Waals surface area contributed by atoms with Gasteiger partial charge in [0, 0.05) is 57.9 Å². The molecular weight excluding hydrogens is 513 g/mol. The van der Waals surface area contributed by atoms with Crippen LogP contribution in [0.2, 0.25) is 0 Å². The van der Waals surface area contributed by atoms with Crippen LogP contribution < -0.4 is 10.2 Å². The second-order valence-corrected chi connectivity index (χ2v) is 11.5. The Bertz CT molecular complexity index is 1360. The van der Waals surface area contributed by atoms with Gasteiger partial charge in [0.1, 0.15) is 11.3 Å². The first-order chi connectivity index (χ1) is 17.8. The normalized spacial score (nSPS) is 14.7. The number of aromatic nitrogens is 1. The minimum Gasteiger partial charge on any atom is -0.351 e. The van der Waals surface area contributed by atoms with E-state index in [4.69, 9.17) is 0 Å². The number of carbonyl (C=O) groups excluding carboxylic acids is 1. The molecule has 8 nitrogen and oxygen atoms in total. The number of piperazine rings is 1. The topological polar surface area (TPSA) is 85.8 Å². The van der Waals surface area contributed by atoms with Gasteiger partial charge in [0.25, 0.3) is 5.91 Å². The van der Waals surface area contributed by atoms with Crippen molar-refractivity contribution in [3.05, 3.63) is 79.2 Å². The largest absolute Gasteiger partial charge is 0.351 e. The maximum atomic E-state index is 14.0. The summed E-state index contributed by atoms with van der Waals surface area (Å²) in [5, 5.41) is 3.73. The fourth-order valence-electron chi connectivity index (χ4n) is 4.12. The standard InChI is InChI=1S/C26H30FN5O3S2/c1-3-13-32(14-4-2)37(34,35)21-10-8-20(9-11-21)25(33)28-12-15-30-16-18-31(19-17-30)26-29-24-22(27)6-5-7-23(24)36-26/h3-11H,1-2,12-19H2,(H,28,33). The number of hydrogen-bond acceptors (Lipinski definition) is 7. The highest BCUT2D eigenvalue weighted by atomic mass is 32.2. The van der Waals surface area contributed by atoms with E-state index in [1.807, 2.05) is 6.07 Å². The van der Waals surface area contributed by atoms with Crippen LogP contribution in [0.3, 0.4) is 0 Å². The van der Waals surface area contributed by atoms with Crippen LogP contribution in [0.1, 0.15) is 10.4 Å². The Morgan fingerprint density at radius 2 is 1.76 bits per heavy atom. The van der Waals surface area contributed by atoms with E-state index in [2.05, 4.69) is 33.3 Å². The van der Waals surface area contributed by atoms with Crippen molar-refractivity contribution in [1.82, 2.24) is 19.5 Å². The van der Waals surface area contributed by atoms with Crippen LogP contribution >= 0.6 is 11.3 Å². The molecule has 0 unspecified atom stereocenters. The number of nitrogens with one attached hydrogen (secondary N) is 1. The third kappa shape index (κ3) is 6.24. The van der Waals surface area contributed by atoms with Gasteiger partial charge in [-0.3, -0.25) is 9.69 Å². The van der Waals surface area contributed by atoms with E-state index < -0.39 is 10.0 Å². The Morgan fingerprint density at radius 3 is 2.38 bits per heavy atom. The third-order valence-corrected chi connectivity index (χ3v) is 9.06. The van der Waals surface area contributed by atoms with Crippen molar-refractivity contribution in [2.24, 2.45) is 0 Å². The second kappa shape index (κ2) is 12.0. The second-order valence-electron chi connectivity index (χ2n) is 8.59. The van der Waals surface area contributed by atoms with E-state index in [-0.39, 0.29) is 29.7 Å². The molecule has 0 spiro atoms. The number of fused-ring (bicyclic) bond motifs is 1. The first-order valence-electron chi connectivity index (χ1n) is 12.0. The lowest BCUT2D eigenvalue weighted by Crippen LogP contribution is -2.48. The Kier molecular flexibility index (Phi) is 8.70. The minimum absolute atomic E-state index is 0.112. The highest BCUT2D eigenvalue weighted by Crippen LogP contribution is 2.30. The van der Waals surface area contributed by atoms with Crippen molar-refractivity contribution in [3.8, 4) is 0 Å². The maximum Gasteiger partial charge on any atom is 0.251 e. The lowest BCUT2D eigenvalue weighted by Gasteiger charge is -2.34. The molecule has 1 N–H and O–H groups in total. The van der Waals surface area contributed by atoms with E-state index in [0.29, 0.717) is 24.2 Å². The van der Waals surface area contributed by atoms with Gasteiger partial charge in [0.2, 0.25) is 10.0 Å². The van der Waals surface area contributed by atoms with Crippen LogP contribution in [0.4, 0.5) is 9.52 Å². The van der Waals surface area contributed by atoms with Crippen molar-refractivity contribution in [2.45, 2.75) is 4.90 Å². The zero-order chi connectivity index (χ0) is 26.4. The summed E-state index contributed by atoms with van der Waals surface area (Å²) in [7, 11) is -3.71. The number of amides is 1. The minimum atomic E-state index is -3.71. The van der Waals surface area contributed by atoms with Crippen molar-refractivity contribution in [3.63, 3.8) is 0 Å². The molecular formula is C26H30FN5O3S2. The number of thiazole rings is 1. The zero-order valence-electron chi connectivity index (χ0n) is 20.5. The molecule has 1 aliphatic rings. The summed E-state index contributed by atoms with van der Waals surface area (Å²) in [5.41, 5.74) is 0.815. The van der Waals surface area contributed by atoms with Crippen molar-refractivity contribution < 1.29 is 17.6 Å². The van der Waals surface area contributed by atoms with Gasteiger partial charge in [-0.15, -0.1) is 13.2 Å². The van der Waals surface area contributed by atoms with Crippen molar-refractivity contribution in [2.75, 3.05) is 57.3 Å². The third-order valence-electron chi connectivity index (χ3n) is 6.13. The molecule has 11 heteroatoms. The molecule has 1 fully saturated rings. The number of halogens is 1. The van der Waals surface area contributed by atoms with Gasteiger partial charge in [0.05, 0.1) is 9.60 Å². The maximum absolute atomic E-state index is 14.0. The Balaban J connectivity index is 1.25. The summed E-state index contributed by atoms with van der Waals surface area (Å²) in [6, 6.07) is 10.9. The molecule has 0 bridgehead atoms. The molecule has 3 aromatic rings. The van der Waals surface area contributed by atoms with Crippen LogP contribution in [0, 0.1) is 5.82 Å². The smallest absolute Gasteiger partial charge is 0.251 e. The molecule has 2 heterocycles. The van der Waals surface area contributed by atoms with E-state index in [1.54, 1.807) is 6.07 Å². The zero-order valence-corrected chi connectivity index (χ0v) is 22.1. The van der Waals surface area contributed by atoms with Gasteiger partial charge in [0.15, 0.2) is 5.13 Å². The van der Waals surface area contributed by atoms with Gasteiger partial charge in [-0.25, -0.2) is 17.8 Å². The summed E-state index contributed by atoms with van der Waals surface area (Å²) in [6.45, 7) is 11.9. The van der Waals surface area contributed by atoms with Gasteiger partial charge in [-0.05, 0) is 36.4 Å². The van der Waals surface area contributed by atoms with Crippen molar-refractivity contribution >= 4 is 42.6 Å². The molecule has 2 aromatic carbocycles. The lowest BCUT2D eigenvalue weighted by atomic mass is 10.2. The molecule has 4 rings (SSSR count). The Hall–Kier alpha value is -3.12. The summed E-state index contributed by atoms with van der Waals surface area (Å²) >= 11 is 1.50. The number of benzene rings is 2. The molecule has 0 atom stereocenters. The molecule has 37 heavy (non-hydrogen) atoms. The number of nitrogens with zero attached hydrogens (tertiary/aromatic N) is 4. The number of hydrogen-bond donors (Lipinski definition) is 1. The van der Waals surface area contributed by atoms with Crippen LogP contribution in [0.5, 0.6) is 0 Å². The first-order valence-corrected chi connectivity index (χ1v) is 14.2. The fourth-order valence-corrected chi connectivity index (χ4v) is 6.53. The number of rotatable bonds is 11. The van der Waals surface area contributed by atoms with E-state index >= 15 is 0 Å².